The van der Waals surface area contributed by atoms with Gasteiger partial charge in [0.25, 0.3) is 0 Å². The van der Waals surface area contributed by atoms with Crippen molar-refractivity contribution in [1.82, 2.24) is 14.8 Å². The molecule has 1 N–H and O–H groups in total. The molecule has 2 heterocycles. The molecule has 5 nitrogen and oxygen atoms in total. The van der Waals surface area contributed by atoms with E-state index in [1.54, 1.807) is 0 Å². The zero-order valence-electron chi connectivity index (χ0n) is 18.4. The Hall–Kier alpha value is -3.05. The van der Waals surface area contributed by atoms with E-state index in [2.05, 4.69) is 77.6 Å². The Bertz CT molecular complexity index is 1010. The molecule has 0 saturated heterocycles. The number of nitrogens with zero attached hydrogens (tertiary/aromatic N) is 2. The van der Waals surface area contributed by atoms with Gasteiger partial charge in [-0.2, -0.15) is 0 Å². The first-order valence-electron chi connectivity index (χ1n) is 11.2. The molecule has 31 heavy (non-hydrogen) atoms. The van der Waals surface area contributed by atoms with E-state index in [9.17, 15) is 4.79 Å². The number of hydrogen-bond acceptors (Lipinski definition) is 2. The average Bonchev–Trinajstić information content (AvgIpc) is 3.23. The van der Waals surface area contributed by atoms with Gasteiger partial charge in [-0.25, -0.2) is 4.79 Å². The normalized spacial score (nSPS) is 15.2. The number of rotatable bonds is 7. The molecule has 0 aliphatic carbocycles. The number of para-hydroxylation sites is 1. The Morgan fingerprint density at radius 1 is 1.06 bits per heavy atom. The van der Waals surface area contributed by atoms with E-state index in [1.807, 2.05) is 17.9 Å². The summed E-state index contributed by atoms with van der Waals surface area (Å²) in [6, 6.07) is 20.9. The second kappa shape index (κ2) is 9.84. The summed E-state index contributed by atoms with van der Waals surface area (Å²) in [5.74, 6) is 0. The zero-order valence-corrected chi connectivity index (χ0v) is 18.4. The molecule has 0 saturated carbocycles. The van der Waals surface area contributed by atoms with Crippen molar-refractivity contribution in [2.75, 3.05) is 19.8 Å². The number of carbonyl (C=O) groups excluding carboxylic acids is 1. The highest BCUT2D eigenvalue weighted by molar-refractivity contribution is 5.76. The van der Waals surface area contributed by atoms with Crippen LogP contribution >= 0.6 is 0 Å². The third-order valence-electron chi connectivity index (χ3n) is 5.87. The Morgan fingerprint density at radius 3 is 2.65 bits per heavy atom. The second-order valence-corrected chi connectivity index (χ2v) is 7.84. The highest BCUT2D eigenvalue weighted by atomic mass is 16.5. The molecule has 1 aliphatic rings. The van der Waals surface area contributed by atoms with Crippen LogP contribution in [0.25, 0.3) is 5.69 Å². The molecule has 0 fully saturated rings. The van der Waals surface area contributed by atoms with Crippen molar-refractivity contribution in [2.24, 2.45) is 0 Å². The van der Waals surface area contributed by atoms with Gasteiger partial charge in [0, 0.05) is 31.6 Å². The van der Waals surface area contributed by atoms with E-state index < -0.39 is 0 Å². The van der Waals surface area contributed by atoms with Crippen LogP contribution in [0.15, 0.2) is 66.9 Å². The lowest BCUT2D eigenvalue weighted by Crippen LogP contribution is -2.42. The molecule has 5 heteroatoms. The van der Waals surface area contributed by atoms with Crippen LogP contribution in [-0.2, 0) is 17.7 Å². The molecule has 0 unspecified atom stereocenters. The molecule has 162 valence electrons. The summed E-state index contributed by atoms with van der Waals surface area (Å²) in [6.45, 7) is 6.64. The van der Waals surface area contributed by atoms with Gasteiger partial charge in [-0.1, -0.05) is 49.4 Å². The van der Waals surface area contributed by atoms with Crippen LogP contribution in [0, 0.1) is 0 Å². The van der Waals surface area contributed by atoms with Crippen LogP contribution in [-0.4, -0.2) is 35.3 Å². The van der Waals surface area contributed by atoms with Gasteiger partial charge in [0.15, 0.2) is 0 Å². The third-order valence-corrected chi connectivity index (χ3v) is 5.87. The van der Waals surface area contributed by atoms with Crippen molar-refractivity contribution in [3.8, 4) is 5.69 Å². The van der Waals surface area contributed by atoms with E-state index in [1.165, 1.54) is 5.56 Å². The van der Waals surface area contributed by atoms with Crippen LogP contribution in [0.2, 0.25) is 0 Å². The fraction of sp³-hybridized carbons (Fsp3) is 0.346. The van der Waals surface area contributed by atoms with E-state index in [0.29, 0.717) is 26.3 Å². The average molecular weight is 418 g/mol. The Labute approximate surface area is 184 Å². The number of hydrogen-bond donors (Lipinski definition) is 1. The SMILES string of the molecule is CCOCCCNC(=O)N1Cc2ccccc2-n2cccc2[C@@H]1c1ccc(CC)cc1. The van der Waals surface area contributed by atoms with Crippen LogP contribution in [0.5, 0.6) is 0 Å². The van der Waals surface area contributed by atoms with E-state index >= 15 is 0 Å². The molecule has 1 aromatic heterocycles. The largest absolute Gasteiger partial charge is 0.382 e. The maximum atomic E-state index is 13.4. The standard InChI is InChI=1S/C26H31N3O2/c1-3-20-12-14-21(15-13-20)25-24-11-7-17-28(24)23-10-6-5-9-22(23)19-29(25)26(30)27-16-8-18-31-4-2/h5-7,9-15,17,25H,3-4,8,16,18-19H2,1-2H3,(H,27,30)/t25-/m0/s1. The number of aromatic nitrogens is 1. The summed E-state index contributed by atoms with van der Waals surface area (Å²) in [4.78, 5) is 15.4. The summed E-state index contributed by atoms with van der Waals surface area (Å²) in [5, 5.41) is 3.11. The van der Waals surface area contributed by atoms with Gasteiger partial charge >= 0.3 is 6.03 Å². The minimum absolute atomic E-state index is 0.0504. The Balaban J connectivity index is 1.70. The van der Waals surface area contributed by atoms with Crippen LogP contribution in [0.3, 0.4) is 0 Å². The number of ether oxygens (including phenoxy) is 1. The van der Waals surface area contributed by atoms with E-state index in [-0.39, 0.29) is 12.1 Å². The van der Waals surface area contributed by atoms with Gasteiger partial charge in [0.2, 0.25) is 0 Å². The Morgan fingerprint density at radius 2 is 1.87 bits per heavy atom. The summed E-state index contributed by atoms with van der Waals surface area (Å²) in [6.07, 6.45) is 3.89. The topological polar surface area (TPSA) is 46.5 Å². The maximum Gasteiger partial charge on any atom is 0.318 e. The van der Waals surface area contributed by atoms with Gasteiger partial charge in [0.1, 0.15) is 0 Å². The first-order valence-corrected chi connectivity index (χ1v) is 11.2. The lowest BCUT2D eigenvalue weighted by atomic mass is 10.00. The van der Waals surface area contributed by atoms with Crippen LogP contribution in [0.1, 0.15) is 48.7 Å². The number of urea groups is 1. The third kappa shape index (κ3) is 4.52. The van der Waals surface area contributed by atoms with E-state index in [4.69, 9.17) is 4.74 Å². The molecule has 2 aromatic carbocycles. The van der Waals surface area contributed by atoms with Crippen molar-refractivity contribution in [3.05, 3.63) is 89.2 Å². The number of aryl methyl sites for hydroxylation is 1. The monoisotopic (exact) mass is 417 g/mol. The van der Waals surface area contributed by atoms with Gasteiger partial charge < -0.3 is 19.5 Å². The van der Waals surface area contributed by atoms with Gasteiger partial charge in [-0.3, -0.25) is 0 Å². The lowest BCUT2D eigenvalue weighted by Gasteiger charge is -2.31. The fourth-order valence-corrected chi connectivity index (χ4v) is 4.24. The van der Waals surface area contributed by atoms with Crippen molar-refractivity contribution in [1.29, 1.82) is 0 Å². The highest BCUT2D eigenvalue weighted by Gasteiger charge is 2.32. The number of amides is 2. The van der Waals surface area contributed by atoms with Gasteiger partial charge in [0.05, 0.1) is 18.3 Å². The van der Waals surface area contributed by atoms with Crippen molar-refractivity contribution < 1.29 is 9.53 Å². The molecule has 0 spiro atoms. The predicted molar refractivity (Wildman–Crippen MR) is 123 cm³/mol. The Kier molecular flexibility index (Phi) is 6.73. The highest BCUT2D eigenvalue weighted by Crippen LogP contribution is 2.36. The molecule has 1 atom stereocenters. The van der Waals surface area contributed by atoms with Crippen molar-refractivity contribution in [2.45, 2.75) is 39.3 Å². The van der Waals surface area contributed by atoms with Gasteiger partial charge in [-0.05, 0) is 54.7 Å². The molecule has 2 amide bonds. The number of benzene rings is 2. The predicted octanol–water partition coefficient (Wildman–Crippen LogP) is 5.08. The second-order valence-electron chi connectivity index (χ2n) is 7.84. The minimum Gasteiger partial charge on any atom is -0.382 e. The first kappa shape index (κ1) is 21.2. The smallest absolute Gasteiger partial charge is 0.318 e. The molecule has 4 rings (SSSR count). The minimum atomic E-state index is -0.166. The van der Waals surface area contributed by atoms with Crippen LogP contribution < -0.4 is 5.32 Å². The molecular weight excluding hydrogens is 386 g/mol. The van der Waals surface area contributed by atoms with E-state index in [0.717, 1.165) is 35.3 Å². The summed E-state index contributed by atoms with van der Waals surface area (Å²) in [7, 11) is 0. The maximum absolute atomic E-state index is 13.4. The molecule has 3 aromatic rings. The molecule has 1 aliphatic heterocycles. The fourth-order valence-electron chi connectivity index (χ4n) is 4.24. The summed E-state index contributed by atoms with van der Waals surface area (Å²) < 4.78 is 7.63. The van der Waals surface area contributed by atoms with Crippen molar-refractivity contribution >= 4 is 6.03 Å². The first-order chi connectivity index (χ1) is 15.2. The zero-order chi connectivity index (χ0) is 21.6. The molecule has 0 radical (unpaired) electrons. The number of nitrogens with one attached hydrogen (secondary N) is 1. The number of fused-ring (bicyclic) bond motifs is 3. The lowest BCUT2D eigenvalue weighted by molar-refractivity contribution is 0.143. The van der Waals surface area contributed by atoms with Crippen LogP contribution in [0.4, 0.5) is 4.79 Å². The van der Waals surface area contributed by atoms with Gasteiger partial charge in [-0.15, -0.1) is 0 Å². The molecule has 0 bridgehead atoms. The summed E-state index contributed by atoms with van der Waals surface area (Å²) >= 11 is 0. The van der Waals surface area contributed by atoms with Crippen molar-refractivity contribution in [3.63, 3.8) is 0 Å². The molecular formula is C26H31N3O2. The summed E-state index contributed by atoms with van der Waals surface area (Å²) in [5.41, 5.74) is 5.78. The number of carbonyl (C=O) groups is 1. The quantitative estimate of drug-likeness (QED) is 0.545.